The molecule has 2 rings (SSSR count). The number of rotatable bonds is 6. The van der Waals surface area contributed by atoms with Gasteiger partial charge in [-0.1, -0.05) is 44.2 Å². The summed E-state index contributed by atoms with van der Waals surface area (Å²) in [6.07, 6.45) is 0. The molecule has 0 fully saturated rings. The van der Waals surface area contributed by atoms with Gasteiger partial charge in [0.1, 0.15) is 0 Å². The fraction of sp³-hybridized carbons (Fsp3) is 0.316. The van der Waals surface area contributed by atoms with Crippen molar-refractivity contribution in [3.63, 3.8) is 0 Å². The Kier molecular flexibility index (Phi) is 5.77. The van der Waals surface area contributed by atoms with Crippen LogP contribution in [0.1, 0.15) is 19.4 Å². The lowest BCUT2D eigenvalue weighted by atomic mass is 10.0. The summed E-state index contributed by atoms with van der Waals surface area (Å²) in [6.45, 7) is 4.86. The molecular weight excluding hydrogens is 286 g/mol. The maximum Gasteiger partial charge on any atom is 0.241 e. The number of nitrogen functional groups attached to an aromatic ring is 1. The van der Waals surface area contributed by atoms with Gasteiger partial charge in [-0.15, -0.1) is 0 Å². The van der Waals surface area contributed by atoms with Gasteiger partial charge in [-0.25, -0.2) is 0 Å². The predicted octanol–water partition coefficient (Wildman–Crippen LogP) is 3.36. The molecule has 4 heteroatoms. The lowest BCUT2D eigenvalue weighted by Crippen LogP contribution is -2.45. The maximum atomic E-state index is 12.7. The zero-order valence-corrected chi connectivity index (χ0v) is 14.0. The van der Waals surface area contributed by atoms with E-state index < -0.39 is 0 Å². The molecule has 0 aromatic heterocycles. The molecule has 4 nitrogen and oxygen atoms in total. The van der Waals surface area contributed by atoms with Crippen molar-refractivity contribution in [2.75, 3.05) is 18.1 Å². The first kappa shape index (κ1) is 17.0. The van der Waals surface area contributed by atoms with Gasteiger partial charge in [0.15, 0.2) is 0 Å². The van der Waals surface area contributed by atoms with Crippen molar-refractivity contribution in [1.29, 1.82) is 0 Å². The number of carbonyl (C=O) groups is 1. The van der Waals surface area contributed by atoms with Gasteiger partial charge in [0, 0.05) is 17.9 Å². The van der Waals surface area contributed by atoms with E-state index in [0.29, 0.717) is 5.69 Å². The molecule has 0 saturated heterocycles. The van der Waals surface area contributed by atoms with Crippen LogP contribution < -0.4 is 11.1 Å². The van der Waals surface area contributed by atoms with Crippen molar-refractivity contribution < 1.29 is 4.79 Å². The minimum Gasteiger partial charge on any atom is -0.399 e. The highest BCUT2D eigenvalue weighted by Gasteiger charge is 2.26. The fourth-order valence-corrected chi connectivity index (χ4v) is 2.76. The van der Waals surface area contributed by atoms with E-state index in [9.17, 15) is 4.79 Å². The maximum absolute atomic E-state index is 12.7. The first-order chi connectivity index (χ1) is 11.0. The summed E-state index contributed by atoms with van der Waals surface area (Å²) in [5, 5.41) is 2.98. The predicted molar refractivity (Wildman–Crippen MR) is 96.0 cm³/mol. The number of hydrogen-bond donors (Lipinski definition) is 2. The van der Waals surface area contributed by atoms with E-state index in [0.717, 1.165) is 12.2 Å². The molecule has 122 valence electrons. The molecule has 1 unspecified atom stereocenters. The second-order valence-electron chi connectivity index (χ2n) is 6.20. The van der Waals surface area contributed by atoms with Crippen molar-refractivity contribution in [1.82, 2.24) is 4.90 Å². The minimum absolute atomic E-state index is 0.00297. The highest BCUT2D eigenvalue weighted by Crippen LogP contribution is 2.17. The third-order valence-electron chi connectivity index (χ3n) is 3.83. The van der Waals surface area contributed by atoms with Crippen LogP contribution in [0.3, 0.4) is 0 Å². The molecule has 0 aliphatic rings. The van der Waals surface area contributed by atoms with Crippen LogP contribution in [0, 0.1) is 5.92 Å². The molecule has 1 atom stereocenters. The monoisotopic (exact) mass is 311 g/mol. The Bertz CT molecular complexity index is 623. The van der Waals surface area contributed by atoms with Gasteiger partial charge in [-0.05, 0) is 42.8 Å². The Morgan fingerprint density at radius 3 is 2.26 bits per heavy atom. The Labute approximate surface area is 138 Å². The number of nitrogens with two attached hydrogens (primary N) is 1. The van der Waals surface area contributed by atoms with Crippen molar-refractivity contribution in [3.8, 4) is 0 Å². The average molecular weight is 311 g/mol. The van der Waals surface area contributed by atoms with Crippen LogP contribution >= 0.6 is 0 Å². The molecule has 0 spiro atoms. The van der Waals surface area contributed by atoms with Gasteiger partial charge >= 0.3 is 0 Å². The van der Waals surface area contributed by atoms with E-state index in [1.807, 2.05) is 37.4 Å². The zero-order chi connectivity index (χ0) is 16.8. The van der Waals surface area contributed by atoms with Crippen molar-refractivity contribution in [2.45, 2.75) is 26.4 Å². The van der Waals surface area contributed by atoms with E-state index in [4.69, 9.17) is 5.73 Å². The number of carbonyl (C=O) groups excluding carboxylic acids is 1. The van der Waals surface area contributed by atoms with E-state index in [1.54, 1.807) is 12.1 Å². The van der Waals surface area contributed by atoms with Gasteiger partial charge < -0.3 is 11.1 Å². The largest absolute Gasteiger partial charge is 0.399 e. The lowest BCUT2D eigenvalue weighted by Gasteiger charge is -2.30. The standard InChI is InChI=1S/C19H25N3O/c1-14(2)18(22(3)13-15-7-5-4-6-8-15)19(23)21-17-11-9-16(20)10-12-17/h4-12,14,18H,13,20H2,1-3H3,(H,21,23). The third-order valence-corrected chi connectivity index (χ3v) is 3.83. The average Bonchev–Trinajstić information content (AvgIpc) is 2.50. The highest BCUT2D eigenvalue weighted by molar-refractivity contribution is 5.95. The lowest BCUT2D eigenvalue weighted by molar-refractivity contribution is -0.122. The molecule has 2 aromatic rings. The van der Waals surface area contributed by atoms with Crippen LogP contribution in [-0.4, -0.2) is 23.9 Å². The minimum atomic E-state index is -0.201. The van der Waals surface area contributed by atoms with Crippen molar-refractivity contribution >= 4 is 17.3 Å². The number of anilines is 2. The van der Waals surface area contributed by atoms with Crippen LogP contribution in [0.15, 0.2) is 54.6 Å². The highest BCUT2D eigenvalue weighted by atomic mass is 16.2. The Morgan fingerprint density at radius 2 is 1.70 bits per heavy atom. The smallest absolute Gasteiger partial charge is 0.241 e. The number of benzene rings is 2. The van der Waals surface area contributed by atoms with Crippen molar-refractivity contribution in [3.05, 3.63) is 60.2 Å². The van der Waals surface area contributed by atoms with Crippen LogP contribution in [0.25, 0.3) is 0 Å². The van der Waals surface area contributed by atoms with E-state index in [1.165, 1.54) is 5.56 Å². The fourth-order valence-electron chi connectivity index (χ4n) is 2.76. The summed E-state index contributed by atoms with van der Waals surface area (Å²) in [7, 11) is 1.99. The van der Waals surface area contributed by atoms with Gasteiger partial charge in [-0.3, -0.25) is 9.69 Å². The van der Waals surface area contributed by atoms with E-state index in [-0.39, 0.29) is 17.9 Å². The number of nitrogens with one attached hydrogen (secondary N) is 1. The van der Waals surface area contributed by atoms with Crippen LogP contribution in [0.4, 0.5) is 11.4 Å². The summed E-state index contributed by atoms with van der Waals surface area (Å²) in [6, 6.07) is 17.2. The van der Waals surface area contributed by atoms with Gasteiger partial charge in [0.05, 0.1) is 6.04 Å². The third kappa shape index (κ3) is 4.83. The number of hydrogen-bond acceptors (Lipinski definition) is 3. The zero-order valence-electron chi connectivity index (χ0n) is 14.0. The van der Waals surface area contributed by atoms with E-state index in [2.05, 4.69) is 36.2 Å². The SMILES string of the molecule is CC(C)C(C(=O)Nc1ccc(N)cc1)N(C)Cc1ccccc1. The molecule has 0 aliphatic heterocycles. The first-order valence-electron chi connectivity index (χ1n) is 7.88. The van der Waals surface area contributed by atoms with Crippen molar-refractivity contribution in [2.24, 2.45) is 5.92 Å². The Morgan fingerprint density at radius 1 is 1.09 bits per heavy atom. The molecule has 1 amide bonds. The van der Waals surface area contributed by atoms with Crippen LogP contribution in [-0.2, 0) is 11.3 Å². The Balaban J connectivity index is 2.07. The topological polar surface area (TPSA) is 58.4 Å². The summed E-state index contributed by atoms with van der Waals surface area (Å²) in [4.78, 5) is 14.8. The second-order valence-corrected chi connectivity index (χ2v) is 6.20. The number of likely N-dealkylation sites (N-methyl/N-ethyl adjacent to an activating group) is 1. The molecular formula is C19H25N3O. The Hall–Kier alpha value is -2.33. The van der Waals surface area contributed by atoms with Crippen LogP contribution in [0.5, 0.6) is 0 Å². The van der Waals surface area contributed by atoms with E-state index >= 15 is 0 Å². The quantitative estimate of drug-likeness (QED) is 0.804. The summed E-state index contributed by atoms with van der Waals surface area (Å²) >= 11 is 0. The molecule has 23 heavy (non-hydrogen) atoms. The molecule has 0 aliphatic carbocycles. The molecule has 0 saturated carbocycles. The normalized spacial score (nSPS) is 12.4. The molecule has 3 N–H and O–H groups in total. The molecule has 0 radical (unpaired) electrons. The number of amides is 1. The molecule has 0 heterocycles. The van der Waals surface area contributed by atoms with Gasteiger partial charge in [0.25, 0.3) is 0 Å². The van der Waals surface area contributed by atoms with Crippen LogP contribution in [0.2, 0.25) is 0 Å². The molecule has 0 bridgehead atoms. The van der Waals surface area contributed by atoms with Gasteiger partial charge in [-0.2, -0.15) is 0 Å². The molecule has 2 aromatic carbocycles. The second kappa shape index (κ2) is 7.79. The first-order valence-corrected chi connectivity index (χ1v) is 7.88. The summed E-state index contributed by atoms with van der Waals surface area (Å²) in [5.41, 5.74) is 8.33. The summed E-state index contributed by atoms with van der Waals surface area (Å²) < 4.78 is 0. The summed E-state index contributed by atoms with van der Waals surface area (Å²) in [5.74, 6) is 0.209. The number of nitrogens with zero attached hydrogens (tertiary/aromatic N) is 1. The van der Waals surface area contributed by atoms with Gasteiger partial charge in [0.2, 0.25) is 5.91 Å².